The van der Waals surface area contributed by atoms with Gasteiger partial charge in [-0.3, -0.25) is 4.79 Å². The first kappa shape index (κ1) is 27.6. The van der Waals surface area contributed by atoms with Crippen LogP contribution in [0.2, 0.25) is 0 Å². The highest BCUT2D eigenvalue weighted by Gasteiger charge is 2.33. The van der Waals surface area contributed by atoms with Crippen LogP contribution in [0.4, 0.5) is 5.00 Å². The highest BCUT2D eigenvalue weighted by atomic mass is 32.1. The number of nitrogens with one attached hydrogen (secondary N) is 1. The number of fused-ring (bicyclic) bond motifs is 1. The summed E-state index contributed by atoms with van der Waals surface area (Å²) in [6.07, 6.45) is 6.32. The van der Waals surface area contributed by atoms with E-state index >= 15 is 0 Å². The molecule has 0 bridgehead atoms. The Balaban J connectivity index is 1.47. The minimum atomic E-state index is -0.947. The molecule has 1 amide bonds. The lowest BCUT2D eigenvalue weighted by Gasteiger charge is -2.33. The van der Waals surface area contributed by atoms with Crippen LogP contribution in [0.15, 0.2) is 58.1 Å². The number of aryl methyl sites for hydroxylation is 1. The summed E-state index contributed by atoms with van der Waals surface area (Å²) in [4.78, 5) is 30.9. The van der Waals surface area contributed by atoms with Gasteiger partial charge in [0.1, 0.15) is 10.8 Å². The molecule has 1 atom stereocenters. The summed E-state index contributed by atoms with van der Waals surface area (Å²) in [5, 5.41) is 13.0. The average Bonchev–Trinajstić information content (AvgIpc) is 3.62. The van der Waals surface area contributed by atoms with Crippen LogP contribution in [-0.2, 0) is 19.4 Å². The number of aromatic carboxylic acids is 1. The number of hydrogen-bond acceptors (Lipinski definition) is 5. The van der Waals surface area contributed by atoms with E-state index in [9.17, 15) is 14.7 Å². The predicted molar refractivity (Wildman–Crippen MR) is 159 cm³/mol. The topological polar surface area (TPSA) is 96.8 Å². The molecular formula is C32H35N3O4S. The number of carboxylic acids is 1. The fraction of sp³-hybridized carbons (Fsp3) is 0.344. The van der Waals surface area contributed by atoms with Gasteiger partial charge in [-0.1, -0.05) is 20.8 Å². The zero-order valence-corrected chi connectivity index (χ0v) is 24.4. The molecule has 7 nitrogen and oxygen atoms in total. The lowest BCUT2D eigenvalue weighted by Crippen LogP contribution is -2.28. The third kappa shape index (κ3) is 5.54. The van der Waals surface area contributed by atoms with E-state index in [1.165, 1.54) is 4.88 Å². The molecule has 208 valence electrons. The van der Waals surface area contributed by atoms with Crippen molar-refractivity contribution < 1.29 is 19.1 Å². The molecule has 0 aliphatic heterocycles. The van der Waals surface area contributed by atoms with Crippen LogP contribution >= 0.6 is 11.3 Å². The number of benzene rings is 1. The van der Waals surface area contributed by atoms with Gasteiger partial charge in [-0.25, -0.2) is 9.79 Å². The molecule has 0 saturated carbocycles. The second-order valence-electron chi connectivity index (χ2n) is 11.5. The van der Waals surface area contributed by atoms with Crippen molar-refractivity contribution in [1.29, 1.82) is 0 Å². The quantitative estimate of drug-likeness (QED) is 0.233. The Labute approximate surface area is 238 Å². The van der Waals surface area contributed by atoms with Crippen LogP contribution in [0.5, 0.6) is 0 Å². The summed E-state index contributed by atoms with van der Waals surface area (Å²) < 4.78 is 7.49. The molecule has 3 aromatic heterocycles. The normalized spacial score (nSPS) is 15.4. The highest BCUT2D eigenvalue weighted by Crippen LogP contribution is 2.45. The summed E-state index contributed by atoms with van der Waals surface area (Å²) in [5.41, 5.74) is 6.08. The molecule has 4 aromatic rings. The Bertz CT molecular complexity index is 1570. The minimum Gasteiger partial charge on any atom is -0.478 e. The first-order valence-electron chi connectivity index (χ1n) is 13.5. The summed E-state index contributed by atoms with van der Waals surface area (Å²) in [5.74, 6) is 0.191. The van der Waals surface area contributed by atoms with Crippen LogP contribution < -0.4 is 5.32 Å². The zero-order valence-electron chi connectivity index (χ0n) is 23.6. The first-order chi connectivity index (χ1) is 19.0. The molecule has 5 rings (SSSR count). The number of amides is 1. The van der Waals surface area contributed by atoms with Crippen LogP contribution in [0.3, 0.4) is 0 Å². The first-order valence-corrected chi connectivity index (χ1v) is 14.4. The van der Waals surface area contributed by atoms with Crippen molar-refractivity contribution >= 4 is 34.4 Å². The molecule has 0 radical (unpaired) electrons. The molecule has 40 heavy (non-hydrogen) atoms. The number of carbonyl (C=O) groups excluding carboxylic acids is 1. The van der Waals surface area contributed by atoms with Gasteiger partial charge in [-0.2, -0.15) is 0 Å². The number of aliphatic imine (C=N–C) groups is 1. The van der Waals surface area contributed by atoms with Gasteiger partial charge in [-0.15, -0.1) is 11.3 Å². The smallest absolute Gasteiger partial charge is 0.335 e. The van der Waals surface area contributed by atoms with Gasteiger partial charge in [0.15, 0.2) is 0 Å². The van der Waals surface area contributed by atoms with Gasteiger partial charge in [0.05, 0.1) is 23.9 Å². The van der Waals surface area contributed by atoms with Gasteiger partial charge in [-0.05, 0) is 92.5 Å². The van der Waals surface area contributed by atoms with Crippen LogP contribution in [0, 0.1) is 25.2 Å². The monoisotopic (exact) mass is 557 g/mol. The van der Waals surface area contributed by atoms with Crippen molar-refractivity contribution in [2.45, 2.75) is 60.4 Å². The second-order valence-corrected chi connectivity index (χ2v) is 12.6. The largest absolute Gasteiger partial charge is 0.478 e. The van der Waals surface area contributed by atoms with E-state index in [4.69, 9.17) is 9.41 Å². The van der Waals surface area contributed by atoms with Crippen LogP contribution in [-0.4, -0.2) is 27.8 Å². The molecule has 1 aromatic carbocycles. The van der Waals surface area contributed by atoms with Crippen molar-refractivity contribution in [3.63, 3.8) is 0 Å². The molecule has 0 fully saturated rings. The van der Waals surface area contributed by atoms with E-state index in [1.807, 2.05) is 44.3 Å². The second kappa shape index (κ2) is 10.9. The number of rotatable bonds is 7. The van der Waals surface area contributed by atoms with Crippen molar-refractivity contribution in [2.24, 2.45) is 16.3 Å². The number of thiophene rings is 1. The summed E-state index contributed by atoms with van der Waals surface area (Å²) in [6, 6.07) is 12.6. The molecule has 1 aliphatic rings. The third-order valence-electron chi connectivity index (χ3n) is 7.87. The van der Waals surface area contributed by atoms with Crippen molar-refractivity contribution in [2.75, 3.05) is 0 Å². The maximum absolute atomic E-state index is 13.5. The number of hydrogen-bond donors (Lipinski definition) is 2. The van der Waals surface area contributed by atoms with E-state index in [0.717, 1.165) is 52.5 Å². The van der Waals surface area contributed by atoms with E-state index < -0.39 is 5.97 Å². The van der Waals surface area contributed by atoms with Crippen molar-refractivity contribution in [1.82, 2.24) is 9.88 Å². The number of furan rings is 1. The number of carboxylic acid groups (broad SMARTS) is 1. The van der Waals surface area contributed by atoms with Crippen molar-refractivity contribution in [3.8, 4) is 5.69 Å². The molecular weight excluding hydrogens is 522 g/mol. The fourth-order valence-electron chi connectivity index (χ4n) is 5.50. The molecule has 0 unspecified atom stereocenters. The predicted octanol–water partition coefficient (Wildman–Crippen LogP) is 7.28. The zero-order chi connectivity index (χ0) is 28.6. The third-order valence-corrected chi connectivity index (χ3v) is 9.03. The molecule has 0 spiro atoms. The summed E-state index contributed by atoms with van der Waals surface area (Å²) >= 11 is 1.63. The fourth-order valence-corrected chi connectivity index (χ4v) is 6.77. The number of nitrogens with zero attached hydrogens (tertiary/aromatic N) is 2. The van der Waals surface area contributed by atoms with E-state index in [1.54, 1.807) is 29.7 Å². The maximum Gasteiger partial charge on any atom is 0.335 e. The van der Waals surface area contributed by atoms with Gasteiger partial charge in [0.2, 0.25) is 0 Å². The lowest BCUT2D eigenvalue weighted by atomic mass is 9.72. The van der Waals surface area contributed by atoms with Crippen molar-refractivity contribution in [3.05, 3.63) is 93.0 Å². The molecule has 8 heteroatoms. The standard InChI is InChI=1S/C32H35N3O4S/c1-19-15-22(20(2)35(19)24-11-8-21(9-12-24)31(37)38)17-34-30-28(29(36)33-18-25-7-6-14-39-25)26-13-10-23(32(3,4)5)16-27(26)40-30/h6-9,11-12,14-15,17,23H,10,13,16,18H2,1-5H3,(H,33,36)(H,37,38)/t23-/m1/s1. The Morgan fingerprint density at radius 1 is 1.20 bits per heavy atom. The van der Waals surface area contributed by atoms with Gasteiger partial charge >= 0.3 is 5.97 Å². The lowest BCUT2D eigenvalue weighted by molar-refractivity contribution is 0.0696. The van der Waals surface area contributed by atoms with Gasteiger partial charge in [0.25, 0.3) is 5.91 Å². The molecule has 3 heterocycles. The SMILES string of the molecule is Cc1cc(C=Nc2sc3c(c2C(=O)NCc2ccco2)CC[C@@H](C(C)(C)C)C3)c(C)n1-c1ccc(C(=O)O)cc1. The maximum atomic E-state index is 13.5. The van der Waals surface area contributed by atoms with E-state index in [-0.39, 0.29) is 16.9 Å². The minimum absolute atomic E-state index is 0.126. The van der Waals surface area contributed by atoms with Crippen LogP contribution in [0.25, 0.3) is 5.69 Å². The van der Waals surface area contributed by atoms with Gasteiger partial charge in [0, 0.05) is 33.7 Å². The Hall–Kier alpha value is -3.91. The molecule has 0 saturated heterocycles. The van der Waals surface area contributed by atoms with Gasteiger partial charge < -0.3 is 19.4 Å². The summed E-state index contributed by atoms with van der Waals surface area (Å²) in [7, 11) is 0. The molecule has 2 N–H and O–H groups in total. The highest BCUT2D eigenvalue weighted by molar-refractivity contribution is 7.16. The Morgan fingerprint density at radius 2 is 1.95 bits per heavy atom. The summed E-state index contributed by atoms with van der Waals surface area (Å²) in [6.45, 7) is 11.2. The Kier molecular flexibility index (Phi) is 7.55. The number of carbonyl (C=O) groups is 2. The Morgan fingerprint density at radius 3 is 2.60 bits per heavy atom. The van der Waals surface area contributed by atoms with E-state index in [2.05, 4.69) is 36.7 Å². The number of aromatic nitrogens is 1. The van der Waals surface area contributed by atoms with E-state index in [0.29, 0.717) is 23.8 Å². The molecule has 1 aliphatic carbocycles. The van der Waals surface area contributed by atoms with Crippen LogP contribution in [0.1, 0.15) is 81.1 Å². The average molecular weight is 558 g/mol.